The molecule has 4 rings (SSSR count). The van der Waals surface area contributed by atoms with Crippen molar-refractivity contribution < 1.29 is 9.36 Å². The van der Waals surface area contributed by atoms with Crippen molar-refractivity contribution >= 4 is 22.5 Å². The highest BCUT2D eigenvalue weighted by Gasteiger charge is 2.11. The van der Waals surface area contributed by atoms with Gasteiger partial charge in [-0.2, -0.15) is 4.57 Å². The summed E-state index contributed by atoms with van der Waals surface area (Å²) in [5.74, 6) is -0.111. The second-order valence-corrected chi connectivity index (χ2v) is 6.36. The fourth-order valence-corrected chi connectivity index (χ4v) is 2.89. The summed E-state index contributed by atoms with van der Waals surface area (Å²) in [4.78, 5) is 24.7. The number of rotatable bonds is 5. The average Bonchev–Trinajstić information content (AvgIpc) is 2.72. The second-order valence-electron chi connectivity index (χ2n) is 6.36. The third-order valence-electron chi connectivity index (χ3n) is 4.31. The van der Waals surface area contributed by atoms with Gasteiger partial charge in [-0.05, 0) is 29.8 Å². The molecule has 2 heterocycles. The lowest BCUT2D eigenvalue weighted by Gasteiger charge is -2.05. The standard InChI is InChI=1S/C21H17N5O2/c27-20(22-17-6-2-1-3-7-17)15-25-12-10-16(11-13-25)14-26-21(28)18-8-4-5-9-19(18)23-24-26/h1-13H,14-15H2/p+1. The molecule has 138 valence electrons. The molecule has 4 aromatic rings. The number of aromatic nitrogens is 4. The Labute approximate surface area is 160 Å². The van der Waals surface area contributed by atoms with Gasteiger partial charge in [0, 0.05) is 17.8 Å². The van der Waals surface area contributed by atoms with Crippen LogP contribution in [0.1, 0.15) is 5.56 Å². The molecule has 0 saturated carbocycles. The van der Waals surface area contributed by atoms with Crippen LogP contribution in [0.25, 0.3) is 10.9 Å². The highest BCUT2D eigenvalue weighted by atomic mass is 16.2. The van der Waals surface area contributed by atoms with Crippen molar-refractivity contribution in [3.63, 3.8) is 0 Å². The second kappa shape index (κ2) is 7.79. The largest absolute Gasteiger partial charge is 0.321 e. The third-order valence-corrected chi connectivity index (χ3v) is 4.31. The first-order valence-corrected chi connectivity index (χ1v) is 8.84. The van der Waals surface area contributed by atoms with Crippen LogP contribution in [0.4, 0.5) is 5.69 Å². The molecule has 0 unspecified atom stereocenters. The van der Waals surface area contributed by atoms with E-state index in [4.69, 9.17) is 0 Å². The van der Waals surface area contributed by atoms with E-state index < -0.39 is 0 Å². The first kappa shape index (κ1) is 17.5. The topological polar surface area (TPSA) is 80.8 Å². The predicted octanol–water partition coefficient (Wildman–Crippen LogP) is 1.77. The number of hydrogen-bond acceptors (Lipinski definition) is 4. The van der Waals surface area contributed by atoms with Crippen molar-refractivity contribution in [2.75, 3.05) is 5.32 Å². The number of carbonyl (C=O) groups excluding carboxylic acids is 1. The molecule has 0 aliphatic rings. The number of amides is 1. The molecule has 0 spiro atoms. The van der Waals surface area contributed by atoms with Crippen molar-refractivity contribution in [1.82, 2.24) is 15.0 Å². The van der Waals surface area contributed by atoms with Gasteiger partial charge in [-0.3, -0.25) is 9.59 Å². The zero-order valence-corrected chi connectivity index (χ0v) is 15.0. The Morgan fingerprint density at radius 1 is 0.964 bits per heavy atom. The maximum atomic E-state index is 12.5. The molecular formula is C21H18N5O2+. The highest BCUT2D eigenvalue weighted by Crippen LogP contribution is 2.05. The minimum Gasteiger partial charge on any atom is -0.321 e. The van der Waals surface area contributed by atoms with E-state index in [1.54, 1.807) is 29.1 Å². The molecule has 1 N–H and O–H groups in total. The van der Waals surface area contributed by atoms with Crippen LogP contribution < -0.4 is 15.4 Å². The maximum absolute atomic E-state index is 12.5. The Kier molecular flexibility index (Phi) is 4.88. The van der Waals surface area contributed by atoms with Gasteiger partial charge in [-0.1, -0.05) is 35.5 Å². The molecule has 7 heteroatoms. The number of hydrogen-bond donors (Lipinski definition) is 1. The molecule has 0 bridgehead atoms. The number of carbonyl (C=O) groups is 1. The number of pyridine rings is 1. The number of para-hydroxylation sites is 1. The number of fused-ring (bicyclic) bond motifs is 1. The van der Waals surface area contributed by atoms with Crippen molar-refractivity contribution in [1.29, 1.82) is 0 Å². The first-order chi connectivity index (χ1) is 13.7. The van der Waals surface area contributed by atoms with E-state index in [1.165, 1.54) is 4.68 Å². The average molecular weight is 372 g/mol. The molecule has 28 heavy (non-hydrogen) atoms. The lowest BCUT2D eigenvalue weighted by atomic mass is 10.2. The zero-order valence-electron chi connectivity index (χ0n) is 15.0. The Morgan fingerprint density at radius 3 is 2.46 bits per heavy atom. The van der Waals surface area contributed by atoms with Crippen LogP contribution in [-0.2, 0) is 17.9 Å². The number of anilines is 1. The fraction of sp³-hybridized carbons (Fsp3) is 0.0952. The first-order valence-electron chi connectivity index (χ1n) is 8.84. The van der Waals surface area contributed by atoms with Gasteiger partial charge in [0.1, 0.15) is 5.52 Å². The SMILES string of the molecule is O=C(C[n+]1ccc(Cn2nnc3ccccc3c2=O)cc1)Nc1ccccc1. The summed E-state index contributed by atoms with van der Waals surface area (Å²) in [5, 5.41) is 11.5. The molecule has 0 fully saturated rings. The van der Waals surface area contributed by atoms with Gasteiger partial charge in [-0.25, -0.2) is 4.68 Å². The van der Waals surface area contributed by atoms with E-state index >= 15 is 0 Å². The molecule has 2 aromatic carbocycles. The highest BCUT2D eigenvalue weighted by molar-refractivity contribution is 5.89. The summed E-state index contributed by atoms with van der Waals surface area (Å²) in [6.07, 6.45) is 3.61. The van der Waals surface area contributed by atoms with Gasteiger partial charge in [0.05, 0.1) is 11.9 Å². The maximum Gasteiger partial charge on any atom is 0.290 e. The van der Waals surface area contributed by atoms with E-state index in [-0.39, 0.29) is 18.0 Å². The zero-order chi connectivity index (χ0) is 19.3. The summed E-state index contributed by atoms with van der Waals surface area (Å²) < 4.78 is 3.11. The van der Waals surface area contributed by atoms with Crippen LogP contribution >= 0.6 is 0 Å². The van der Waals surface area contributed by atoms with Crippen LogP contribution in [0.2, 0.25) is 0 Å². The van der Waals surface area contributed by atoms with Gasteiger partial charge >= 0.3 is 0 Å². The molecule has 0 saturated heterocycles. The van der Waals surface area contributed by atoms with Gasteiger partial charge < -0.3 is 5.32 Å². The Hall–Kier alpha value is -3.87. The van der Waals surface area contributed by atoms with Gasteiger partial charge in [0.15, 0.2) is 12.4 Å². The number of benzene rings is 2. The summed E-state index contributed by atoms with van der Waals surface area (Å²) >= 11 is 0. The fourth-order valence-electron chi connectivity index (χ4n) is 2.89. The molecule has 0 aliphatic carbocycles. The normalized spacial score (nSPS) is 10.7. The molecule has 0 aliphatic heterocycles. The predicted molar refractivity (Wildman–Crippen MR) is 105 cm³/mol. The van der Waals surface area contributed by atoms with Crippen molar-refractivity contribution in [2.45, 2.75) is 13.1 Å². The molecule has 0 radical (unpaired) electrons. The lowest BCUT2D eigenvalue weighted by Crippen LogP contribution is -2.39. The van der Waals surface area contributed by atoms with Gasteiger partial charge in [0.2, 0.25) is 6.54 Å². The summed E-state index contributed by atoms with van der Waals surface area (Å²) in [6.45, 7) is 0.513. The van der Waals surface area contributed by atoms with Crippen LogP contribution in [0.15, 0.2) is 83.9 Å². The minimum atomic E-state index is -0.176. The number of nitrogens with one attached hydrogen (secondary N) is 1. The smallest absolute Gasteiger partial charge is 0.290 e. The van der Waals surface area contributed by atoms with Gasteiger partial charge in [-0.15, -0.1) is 5.10 Å². The monoisotopic (exact) mass is 372 g/mol. The van der Waals surface area contributed by atoms with Crippen molar-refractivity contribution in [3.05, 3.63) is 95.0 Å². The Bertz CT molecular complexity index is 1170. The Balaban J connectivity index is 1.44. The Morgan fingerprint density at radius 2 is 1.68 bits per heavy atom. The molecule has 0 atom stereocenters. The van der Waals surface area contributed by atoms with Crippen LogP contribution in [0.3, 0.4) is 0 Å². The van der Waals surface area contributed by atoms with E-state index in [9.17, 15) is 9.59 Å². The van der Waals surface area contributed by atoms with Crippen molar-refractivity contribution in [3.8, 4) is 0 Å². The van der Waals surface area contributed by atoms with Crippen LogP contribution in [0, 0.1) is 0 Å². The summed E-state index contributed by atoms with van der Waals surface area (Å²) in [5.41, 5.74) is 2.06. The van der Waals surface area contributed by atoms with E-state index in [0.29, 0.717) is 17.4 Å². The minimum absolute atomic E-state index is 0.111. The van der Waals surface area contributed by atoms with Crippen molar-refractivity contribution in [2.24, 2.45) is 0 Å². The van der Waals surface area contributed by atoms with Crippen LogP contribution in [-0.4, -0.2) is 20.9 Å². The molecular weight excluding hydrogens is 354 g/mol. The van der Waals surface area contributed by atoms with E-state index in [2.05, 4.69) is 15.6 Å². The lowest BCUT2D eigenvalue weighted by molar-refractivity contribution is -0.684. The summed E-state index contributed by atoms with van der Waals surface area (Å²) in [7, 11) is 0. The molecule has 1 amide bonds. The molecule has 2 aromatic heterocycles. The van der Waals surface area contributed by atoms with E-state index in [1.807, 2.05) is 54.6 Å². The quantitative estimate of drug-likeness (QED) is 0.542. The van der Waals surface area contributed by atoms with Crippen LogP contribution in [0.5, 0.6) is 0 Å². The van der Waals surface area contributed by atoms with Gasteiger partial charge in [0.25, 0.3) is 11.5 Å². The summed E-state index contributed by atoms with van der Waals surface area (Å²) in [6, 6.07) is 20.2. The number of nitrogens with zero attached hydrogens (tertiary/aromatic N) is 4. The molecule has 7 nitrogen and oxygen atoms in total. The third kappa shape index (κ3) is 3.93. The van der Waals surface area contributed by atoms with E-state index in [0.717, 1.165) is 11.3 Å².